The summed E-state index contributed by atoms with van der Waals surface area (Å²) in [6.45, 7) is 0.836. The van der Waals surface area contributed by atoms with Gasteiger partial charge in [0, 0.05) is 25.1 Å². The molecule has 0 radical (unpaired) electrons. The van der Waals surface area contributed by atoms with Gasteiger partial charge in [-0.1, -0.05) is 111 Å². The third-order valence-electron chi connectivity index (χ3n) is 7.40. The molecule has 0 aliphatic carbocycles. The molecule has 0 aromatic heterocycles. The van der Waals surface area contributed by atoms with Gasteiger partial charge in [-0.15, -0.1) is 0 Å². The van der Waals surface area contributed by atoms with Crippen molar-refractivity contribution in [2.45, 2.75) is 64.2 Å². The summed E-state index contributed by atoms with van der Waals surface area (Å²) in [5.74, 6) is -1.62. The number of anilines is 1. The molecule has 8 nitrogen and oxygen atoms in total. The number of thiocarbonyl (C=S) groups is 1. The average molecular weight is 608 g/mol. The Labute approximate surface area is 256 Å². The summed E-state index contributed by atoms with van der Waals surface area (Å²) in [5.41, 5.74) is 2.69. The number of benzene rings is 2. The molecule has 4 rings (SSSR count). The van der Waals surface area contributed by atoms with Gasteiger partial charge in [-0.3, -0.25) is 29.0 Å². The van der Waals surface area contributed by atoms with Crippen molar-refractivity contribution >= 4 is 63.3 Å². The smallest absolute Gasteiger partial charge is 0.303 e. The van der Waals surface area contributed by atoms with E-state index in [1.165, 1.54) is 4.90 Å². The van der Waals surface area contributed by atoms with Crippen LogP contribution in [0.4, 0.5) is 5.69 Å². The summed E-state index contributed by atoms with van der Waals surface area (Å²) < 4.78 is 0.448. The van der Waals surface area contributed by atoms with Crippen LogP contribution in [0.3, 0.4) is 0 Å². The largest absolute Gasteiger partial charge is 0.481 e. The van der Waals surface area contributed by atoms with E-state index in [2.05, 4.69) is 5.32 Å². The van der Waals surface area contributed by atoms with Crippen LogP contribution in [0.5, 0.6) is 0 Å². The molecule has 3 amide bonds. The van der Waals surface area contributed by atoms with Crippen molar-refractivity contribution in [3.05, 3.63) is 70.6 Å². The van der Waals surface area contributed by atoms with Crippen LogP contribution in [0.15, 0.2) is 59.5 Å². The molecule has 1 saturated heterocycles. The van der Waals surface area contributed by atoms with Gasteiger partial charge in [-0.2, -0.15) is 0 Å². The second-order valence-corrected chi connectivity index (χ2v) is 12.1. The van der Waals surface area contributed by atoms with E-state index < -0.39 is 5.97 Å². The Balaban J connectivity index is 1.30. The second kappa shape index (κ2) is 15.7. The predicted molar refractivity (Wildman–Crippen MR) is 170 cm³/mol. The Bertz CT molecular complexity index is 1340. The fourth-order valence-corrected chi connectivity index (χ4v) is 6.58. The Morgan fingerprint density at radius 2 is 1.45 bits per heavy atom. The van der Waals surface area contributed by atoms with Gasteiger partial charge in [-0.05, 0) is 30.9 Å². The summed E-state index contributed by atoms with van der Waals surface area (Å²) in [5, 5.41) is 11.6. The monoisotopic (exact) mass is 607 g/mol. The van der Waals surface area contributed by atoms with Crippen molar-refractivity contribution in [2.24, 2.45) is 0 Å². The number of para-hydroxylation sites is 1. The lowest BCUT2D eigenvalue weighted by Crippen LogP contribution is -2.39. The Hall–Kier alpha value is -3.50. The maximum absolute atomic E-state index is 13.6. The summed E-state index contributed by atoms with van der Waals surface area (Å²) in [6.07, 6.45) is 8.62. The van der Waals surface area contributed by atoms with Crippen LogP contribution >= 0.6 is 24.0 Å². The number of carboxylic acids is 1. The molecule has 2 aliphatic rings. The third-order valence-corrected chi connectivity index (χ3v) is 8.85. The Morgan fingerprint density at radius 3 is 2.17 bits per heavy atom. The number of nitrogens with one attached hydrogen (secondary N) is 1. The molecule has 222 valence electrons. The maximum Gasteiger partial charge on any atom is 0.303 e. The molecule has 0 saturated carbocycles. The fourth-order valence-electron chi connectivity index (χ4n) is 5.20. The molecule has 2 aliphatic heterocycles. The first kappa shape index (κ1) is 31.4. The van der Waals surface area contributed by atoms with Gasteiger partial charge in [0.2, 0.25) is 5.91 Å². The summed E-state index contributed by atoms with van der Waals surface area (Å²) in [7, 11) is 0. The predicted octanol–water partition coefficient (Wildman–Crippen LogP) is 5.56. The van der Waals surface area contributed by atoms with Crippen molar-refractivity contribution in [1.29, 1.82) is 0 Å². The molecule has 2 aromatic carbocycles. The highest BCUT2D eigenvalue weighted by molar-refractivity contribution is 8.26. The molecule has 42 heavy (non-hydrogen) atoms. The highest BCUT2D eigenvalue weighted by atomic mass is 32.2. The number of carbonyl (C=O) groups excluding carboxylic acids is 3. The van der Waals surface area contributed by atoms with Crippen LogP contribution in [0, 0.1) is 0 Å². The lowest BCUT2D eigenvalue weighted by Gasteiger charge is -2.17. The molecule has 0 atom stereocenters. The van der Waals surface area contributed by atoms with Gasteiger partial charge in [0.05, 0.1) is 16.2 Å². The van der Waals surface area contributed by atoms with Crippen molar-refractivity contribution < 1.29 is 24.3 Å². The van der Waals surface area contributed by atoms with E-state index in [1.54, 1.807) is 11.0 Å². The van der Waals surface area contributed by atoms with Gasteiger partial charge in [-0.25, -0.2) is 0 Å². The van der Waals surface area contributed by atoms with E-state index in [0.717, 1.165) is 68.7 Å². The molecule has 0 spiro atoms. The number of thioether (sulfide) groups is 1. The minimum Gasteiger partial charge on any atom is -0.481 e. The summed E-state index contributed by atoms with van der Waals surface area (Å²) in [4.78, 5) is 53.8. The topological polar surface area (TPSA) is 107 Å². The molecule has 1 fully saturated rings. The number of nitrogens with zero attached hydrogens (tertiary/aromatic N) is 2. The molecule has 2 aromatic rings. The minimum atomic E-state index is -0.738. The Morgan fingerprint density at radius 1 is 0.810 bits per heavy atom. The zero-order valence-corrected chi connectivity index (χ0v) is 25.3. The summed E-state index contributed by atoms with van der Waals surface area (Å²) in [6, 6.07) is 17.1. The molecule has 2 N–H and O–H groups in total. The quantitative estimate of drug-likeness (QED) is 0.146. The third kappa shape index (κ3) is 8.29. The highest BCUT2D eigenvalue weighted by Crippen LogP contribution is 2.44. The van der Waals surface area contributed by atoms with Crippen molar-refractivity contribution in [3.63, 3.8) is 0 Å². The van der Waals surface area contributed by atoms with Crippen LogP contribution in [-0.2, 0) is 25.6 Å². The number of rotatable bonds is 16. The number of carboxylic acid groups (broad SMARTS) is 1. The molecule has 2 heterocycles. The first-order valence-electron chi connectivity index (χ1n) is 14.6. The van der Waals surface area contributed by atoms with E-state index >= 15 is 0 Å². The molecule has 0 unspecified atom stereocenters. The van der Waals surface area contributed by atoms with Crippen LogP contribution in [0.2, 0.25) is 0 Å². The van der Waals surface area contributed by atoms with Gasteiger partial charge in [0.1, 0.15) is 10.9 Å². The van der Waals surface area contributed by atoms with Crippen molar-refractivity contribution in [3.8, 4) is 0 Å². The minimum absolute atomic E-state index is 0.131. The second-order valence-electron chi connectivity index (χ2n) is 10.5. The zero-order chi connectivity index (χ0) is 29.9. The number of aliphatic carboxylic acids is 1. The standard InChI is InChI=1S/C32H37N3O5S2/c36-26(33-20-19-23-14-8-7-9-15-23)22-35-25-17-12-11-16-24(25)28(30(35)39)29-31(40)34(32(41)42-29)21-13-6-4-2-1-3-5-10-18-27(37)38/h7-9,11-12,14-17H,1-6,10,13,18-22H2,(H,33,36)(H,37,38)/b29-28-. The van der Waals surface area contributed by atoms with Crippen LogP contribution < -0.4 is 10.2 Å². The van der Waals surface area contributed by atoms with Crippen molar-refractivity contribution in [2.75, 3.05) is 24.5 Å². The van der Waals surface area contributed by atoms with E-state index in [1.807, 2.05) is 48.5 Å². The van der Waals surface area contributed by atoms with Crippen LogP contribution in [-0.4, -0.2) is 57.7 Å². The highest BCUT2D eigenvalue weighted by Gasteiger charge is 2.42. The normalized spacial score (nSPS) is 16.3. The average Bonchev–Trinajstić information content (AvgIpc) is 3.41. The molecular weight excluding hydrogens is 571 g/mol. The van der Waals surface area contributed by atoms with Crippen LogP contribution in [0.25, 0.3) is 5.57 Å². The number of hydrogen-bond donors (Lipinski definition) is 2. The fraction of sp³-hybridized carbons (Fsp3) is 0.406. The maximum atomic E-state index is 13.6. The van der Waals surface area contributed by atoms with Gasteiger partial charge in [0.25, 0.3) is 11.8 Å². The SMILES string of the molecule is O=C(O)CCCCCCCCCCN1C(=O)/C(=C2/C(=O)N(CC(=O)NCCc3ccccc3)c3ccccc32)SC1=S. The first-order chi connectivity index (χ1) is 20.4. The number of hydrogen-bond acceptors (Lipinski definition) is 6. The lowest BCUT2D eigenvalue weighted by molar-refractivity contribution is -0.137. The molecular formula is C32H37N3O5S2. The van der Waals surface area contributed by atoms with E-state index in [0.29, 0.717) is 45.6 Å². The van der Waals surface area contributed by atoms with Gasteiger partial charge < -0.3 is 10.4 Å². The van der Waals surface area contributed by atoms with Gasteiger partial charge in [0.15, 0.2) is 0 Å². The number of fused-ring (bicyclic) bond motifs is 1. The summed E-state index contributed by atoms with van der Waals surface area (Å²) >= 11 is 6.69. The number of amides is 3. The van der Waals surface area contributed by atoms with E-state index in [-0.39, 0.29) is 30.7 Å². The molecule has 0 bridgehead atoms. The zero-order valence-electron chi connectivity index (χ0n) is 23.7. The number of carbonyl (C=O) groups is 4. The van der Waals surface area contributed by atoms with Crippen LogP contribution in [0.1, 0.15) is 68.9 Å². The Kier molecular flexibility index (Phi) is 11.7. The van der Waals surface area contributed by atoms with Gasteiger partial charge >= 0.3 is 5.97 Å². The van der Waals surface area contributed by atoms with E-state index in [4.69, 9.17) is 17.3 Å². The lowest BCUT2D eigenvalue weighted by atomic mass is 10.1. The molecule has 10 heteroatoms. The number of unbranched alkanes of at least 4 members (excludes halogenated alkanes) is 7. The van der Waals surface area contributed by atoms with E-state index in [9.17, 15) is 19.2 Å². The van der Waals surface area contributed by atoms with Crippen molar-refractivity contribution in [1.82, 2.24) is 10.2 Å². The first-order valence-corrected chi connectivity index (χ1v) is 15.8.